The van der Waals surface area contributed by atoms with E-state index in [0.29, 0.717) is 11.5 Å². The average molecular weight is 259 g/mol. The summed E-state index contributed by atoms with van der Waals surface area (Å²) in [5, 5.41) is 4.56. The monoisotopic (exact) mass is 259 g/mol. The van der Waals surface area contributed by atoms with E-state index in [0.717, 1.165) is 23.6 Å². The third kappa shape index (κ3) is 1.60. The van der Waals surface area contributed by atoms with E-state index in [4.69, 9.17) is 5.73 Å². The summed E-state index contributed by atoms with van der Waals surface area (Å²) < 4.78 is 2.01. The molecule has 19 heavy (non-hydrogen) atoms. The smallest absolute Gasteiger partial charge is 0.125 e. The first-order chi connectivity index (χ1) is 9.07. The molecule has 4 saturated carbocycles. The molecule has 1 heterocycles. The molecule has 0 saturated heterocycles. The molecule has 4 aliphatic carbocycles. The second kappa shape index (κ2) is 3.77. The maximum Gasteiger partial charge on any atom is 0.125 e. The van der Waals surface area contributed by atoms with Gasteiger partial charge in [-0.05, 0) is 70.1 Å². The molecule has 104 valence electrons. The number of rotatable bonds is 2. The number of hydrogen-bond acceptors (Lipinski definition) is 2. The van der Waals surface area contributed by atoms with Crippen molar-refractivity contribution in [2.75, 3.05) is 5.73 Å². The van der Waals surface area contributed by atoms with Gasteiger partial charge in [-0.3, -0.25) is 0 Å². The van der Waals surface area contributed by atoms with Crippen LogP contribution in [-0.4, -0.2) is 9.78 Å². The summed E-state index contributed by atoms with van der Waals surface area (Å²) in [4.78, 5) is 0. The molecule has 2 N–H and O–H groups in total. The predicted molar refractivity (Wildman–Crippen MR) is 76.9 cm³/mol. The molecular weight excluding hydrogens is 234 g/mol. The van der Waals surface area contributed by atoms with E-state index in [1.807, 2.05) is 4.68 Å². The lowest BCUT2D eigenvalue weighted by Gasteiger charge is -2.56. The fraction of sp³-hybridized carbons (Fsp3) is 0.812. The summed E-state index contributed by atoms with van der Waals surface area (Å²) in [5.41, 5.74) is 8.18. The van der Waals surface area contributed by atoms with Crippen molar-refractivity contribution in [3.05, 3.63) is 11.8 Å². The first-order valence-corrected chi connectivity index (χ1v) is 7.91. The van der Waals surface area contributed by atoms with Crippen molar-refractivity contribution in [1.29, 1.82) is 0 Å². The van der Waals surface area contributed by atoms with Gasteiger partial charge in [-0.25, -0.2) is 4.68 Å². The third-order valence-corrected chi connectivity index (χ3v) is 5.93. The first kappa shape index (κ1) is 11.8. The third-order valence-electron chi connectivity index (χ3n) is 5.93. The molecule has 3 heteroatoms. The van der Waals surface area contributed by atoms with Crippen molar-refractivity contribution in [1.82, 2.24) is 9.78 Å². The first-order valence-electron chi connectivity index (χ1n) is 7.91. The van der Waals surface area contributed by atoms with Crippen LogP contribution in [-0.2, 0) is 5.41 Å². The Balaban J connectivity index is 1.75. The van der Waals surface area contributed by atoms with Crippen molar-refractivity contribution >= 4 is 5.82 Å². The van der Waals surface area contributed by atoms with Gasteiger partial charge >= 0.3 is 0 Å². The molecule has 0 amide bonds. The van der Waals surface area contributed by atoms with Crippen molar-refractivity contribution in [2.45, 2.75) is 63.8 Å². The Morgan fingerprint density at radius 3 is 2.11 bits per heavy atom. The maximum atomic E-state index is 6.43. The lowest BCUT2D eigenvalue weighted by atomic mass is 9.48. The van der Waals surface area contributed by atoms with Gasteiger partial charge in [-0.2, -0.15) is 5.10 Å². The van der Waals surface area contributed by atoms with Crippen LogP contribution < -0.4 is 5.73 Å². The Kier molecular flexibility index (Phi) is 2.34. The van der Waals surface area contributed by atoms with Crippen molar-refractivity contribution in [2.24, 2.45) is 17.8 Å². The Labute approximate surface area is 115 Å². The van der Waals surface area contributed by atoms with Crippen molar-refractivity contribution in [3.63, 3.8) is 0 Å². The highest BCUT2D eigenvalue weighted by Gasteiger charge is 2.52. The van der Waals surface area contributed by atoms with Crippen LogP contribution in [0.2, 0.25) is 0 Å². The van der Waals surface area contributed by atoms with E-state index in [9.17, 15) is 0 Å². The Bertz CT molecular complexity index is 465. The van der Waals surface area contributed by atoms with E-state index < -0.39 is 0 Å². The molecule has 3 nitrogen and oxygen atoms in total. The quantitative estimate of drug-likeness (QED) is 0.883. The number of hydrogen-bond donors (Lipinski definition) is 1. The molecule has 4 aliphatic rings. The summed E-state index contributed by atoms with van der Waals surface area (Å²) in [6, 6.07) is 0.364. The molecule has 0 spiro atoms. The molecule has 0 aliphatic heterocycles. The minimum atomic E-state index is 0.364. The minimum Gasteiger partial charge on any atom is -0.384 e. The lowest BCUT2D eigenvalue weighted by molar-refractivity contribution is -0.00486. The van der Waals surface area contributed by atoms with Crippen LogP contribution in [0.5, 0.6) is 0 Å². The summed E-state index contributed by atoms with van der Waals surface area (Å²) in [5.74, 6) is 3.84. The second-order valence-corrected chi connectivity index (χ2v) is 7.68. The topological polar surface area (TPSA) is 43.8 Å². The second-order valence-electron chi connectivity index (χ2n) is 7.68. The lowest BCUT2D eigenvalue weighted by Crippen LogP contribution is -2.48. The SMILES string of the molecule is CC(C)n1ncc(C23CC4CC(CC(C4)C2)C3)c1N. The fourth-order valence-corrected chi connectivity index (χ4v) is 5.63. The Morgan fingerprint density at radius 2 is 1.68 bits per heavy atom. The fourth-order valence-electron chi connectivity index (χ4n) is 5.63. The van der Waals surface area contributed by atoms with Gasteiger partial charge in [0.1, 0.15) is 5.82 Å². The van der Waals surface area contributed by atoms with Gasteiger partial charge in [0.2, 0.25) is 0 Å². The molecule has 4 fully saturated rings. The van der Waals surface area contributed by atoms with E-state index in [2.05, 4.69) is 25.1 Å². The number of aromatic nitrogens is 2. The number of anilines is 1. The van der Waals surface area contributed by atoms with E-state index in [1.54, 1.807) is 0 Å². The standard InChI is InChI=1S/C16H25N3/c1-10(2)19-15(17)14(9-18-19)16-6-11-3-12(7-16)5-13(4-11)8-16/h9-13H,3-8,17H2,1-2H3. The molecule has 5 rings (SSSR count). The normalized spacial score (nSPS) is 40.3. The largest absolute Gasteiger partial charge is 0.384 e. The van der Waals surface area contributed by atoms with Gasteiger partial charge < -0.3 is 5.73 Å². The van der Waals surface area contributed by atoms with Crippen LogP contribution in [0.4, 0.5) is 5.82 Å². The Morgan fingerprint density at radius 1 is 1.16 bits per heavy atom. The molecule has 0 radical (unpaired) electrons. The van der Waals surface area contributed by atoms with Crippen LogP contribution in [0.3, 0.4) is 0 Å². The average Bonchev–Trinajstić information content (AvgIpc) is 2.69. The van der Waals surface area contributed by atoms with E-state index in [-0.39, 0.29) is 0 Å². The summed E-state index contributed by atoms with van der Waals surface area (Å²) in [6.07, 6.45) is 10.6. The summed E-state index contributed by atoms with van der Waals surface area (Å²) >= 11 is 0. The zero-order valence-corrected chi connectivity index (χ0v) is 12.1. The maximum absolute atomic E-state index is 6.43. The van der Waals surface area contributed by atoms with E-state index >= 15 is 0 Å². The van der Waals surface area contributed by atoms with Gasteiger partial charge in [-0.15, -0.1) is 0 Å². The van der Waals surface area contributed by atoms with Crippen LogP contribution in [0, 0.1) is 17.8 Å². The van der Waals surface area contributed by atoms with Crippen LogP contribution in [0.25, 0.3) is 0 Å². The highest BCUT2D eigenvalue weighted by atomic mass is 15.3. The number of nitrogen functional groups attached to an aromatic ring is 1. The molecule has 1 aromatic heterocycles. The molecule has 0 aromatic carbocycles. The van der Waals surface area contributed by atoms with E-state index in [1.165, 1.54) is 44.1 Å². The molecule has 0 unspecified atom stereocenters. The van der Waals surface area contributed by atoms with Crippen LogP contribution >= 0.6 is 0 Å². The number of nitrogens with zero attached hydrogens (tertiary/aromatic N) is 2. The highest BCUT2D eigenvalue weighted by molar-refractivity contribution is 5.46. The van der Waals surface area contributed by atoms with Gasteiger partial charge in [0.15, 0.2) is 0 Å². The van der Waals surface area contributed by atoms with Gasteiger partial charge in [0.25, 0.3) is 0 Å². The molecule has 1 aromatic rings. The van der Waals surface area contributed by atoms with Crippen molar-refractivity contribution in [3.8, 4) is 0 Å². The minimum absolute atomic E-state index is 0.364. The summed E-state index contributed by atoms with van der Waals surface area (Å²) in [6.45, 7) is 4.32. The van der Waals surface area contributed by atoms with Gasteiger partial charge in [-0.1, -0.05) is 0 Å². The molecule has 0 atom stereocenters. The van der Waals surface area contributed by atoms with Gasteiger partial charge in [0.05, 0.1) is 6.20 Å². The predicted octanol–water partition coefficient (Wildman–Crippen LogP) is 3.51. The van der Waals surface area contributed by atoms with Crippen molar-refractivity contribution < 1.29 is 0 Å². The zero-order valence-electron chi connectivity index (χ0n) is 12.1. The van der Waals surface area contributed by atoms with Gasteiger partial charge in [0, 0.05) is 17.0 Å². The zero-order chi connectivity index (χ0) is 13.2. The molecule has 4 bridgehead atoms. The van der Waals surface area contributed by atoms with Crippen LogP contribution in [0.15, 0.2) is 6.20 Å². The summed E-state index contributed by atoms with van der Waals surface area (Å²) in [7, 11) is 0. The number of nitrogens with two attached hydrogens (primary N) is 1. The Hall–Kier alpha value is -0.990. The molecular formula is C16H25N3. The highest BCUT2D eigenvalue weighted by Crippen LogP contribution is 2.61. The van der Waals surface area contributed by atoms with Crippen LogP contribution in [0.1, 0.15) is 64.0 Å².